The molecule has 180 valence electrons. The van der Waals surface area contributed by atoms with Crippen molar-refractivity contribution >= 4 is 28.1 Å². The zero-order valence-corrected chi connectivity index (χ0v) is 21.2. The molecule has 0 atom stereocenters. The van der Waals surface area contributed by atoms with Gasteiger partial charge in [-0.15, -0.1) is 0 Å². The quantitative estimate of drug-likeness (QED) is 0.245. The number of halogens is 1. The Morgan fingerprint density at radius 3 is 2.57 bits per heavy atom. The van der Waals surface area contributed by atoms with Crippen LogP contribution in [0.25, 0.3) is 0 Å². The Morgan fingerprint density at radius 1 is 1.09 bits per heavy atom. The van der Waals surface area contributed by atoms with Gasteiger partial charge in [-0.1, -0.05) is 25.1 Å². The molecule has 0 saturated carbocycles. The van der Waals surface area contributed by atoms with E-state index in [1.54, 1.807) is 36.4 Å². The third-order valence-corrected chi connectivity index (χ3v) is 5.40. The zero-order chi connectivity index (χ0) is 25.0. The number of amides is 1. The molecule has 0 fully saturated rings. The maximum Gasteiger partial charge on any atom is 0.271 e. The third kappa shape index (κ3) is 7.33. The molecule has 35 heavy (non-hydrogen) atoms. The number of carbonyl (C=O) groups excluding carboxylic acids is 1. The lowest BCUT2D eigenvalue weighted by atomic mass is 10.1. The van der Waals surface area contributed by atoms with E-state index in [1.165, 1.54) is 6.21 Å². The largest absolute Gasteiger partial charge is 0.494 e. The van der Waals surface area contributed by atoms with E-state index in [9.17, 15) is 10.1 Å². The van der Waals surface area contributed by atoms with Crippen LogP contribution in [0.2, 0.25) is 0 Å². The maximum absolute atomic E-state index is 12.4. The Labute approximate surface area is 213 Å². The fourth-order valence-electron chi connectivity index (χ4n) is 3.12. The van der Waals surface area contributed by atoms with Gasteiger partial charge in [-0.25, -0.2) is 5.43 Å². The van der Waals surface area contributed by atoms with Gasteiger partial charge in [0.1, 0.15) is 12.4 Å². The summed E-state index contributed by atoms with van der Waals surface area (Å²) in [5.74, 6) is 1.43. The average molecular weight is 536 g/mol. The first kappa shape index (κ1) is 25.8. The molecule has 0 aromatic heterocycles. The normalized spacial score (nSPS) is 10.6. The highest BCUT2D eigenvalue weighted by Crippen LogP contribution is 2.37. The highest BCUT2D eigenvalue weighted by atomic mass is 79.9. The molecular formula is C27H26BrN3O4. The zero-order valence-electron chi connectivity index (χ0n) is 19.6. The number of hydrazone groups is 1. The van der Waals surface area contributed by atoms with Crippen LogP contribution < -0.4 is 19.6 Å². The smallest absolute Gasteiger partial charge is 0.271 e. The summed E-state index contributed by atoms with van der Waals surface area (Å²) in [6, 6.07) is 19.9. The van der Waals surface area contributed by atoms with Crippen LogP contribution >= 0.6 is 15.9 Å². The fourth-order valence-corrected chi connectivity index (χ4v) is 3.70. The van der Waals surface area contributed by atoms with E-state index in [0.717, 1.165) is 17.7 Å². The Kier molecular flexibility index (Phi) is 9.69. The molecule has 0 unspecified atom stereocenters. The second-order valence-corrected chi connectivity index (χ2v) is 8.25. The van der Waals surface area contributed by atoms with Crippen molar-refractivity contribution in [1.29, 1.82) is 5.26 Å². The van der Waals surface area contributed by atoms with Crippen LogP contribution in [0, 0.1) is 11.3 Å². The van der Waals surface area contributed by atoms with Gasteiger partial charge in [-0.3, -0.25) is 4.79 Å². The Bertz CT molecular complexity index is 1220. The van der Waals surface area contributed by atoms with E-state index in [0.29, 0.717) is 45.9 Å². The van der Waals surface area contributed by atoms with E-state index >= 15 is 0 Å². The summed E-state index contributed by atoms with van der Waals surface area (Å²) in [7, 11) is 0. The van der Waals surface area contributed by atoms with Crippen molar-refractivity contribution in [3.63, 3.8) is 0 Å². The number of nitriles is 1. The number of benzene rings is 3. The number of hydrogen-bond acceptors (Lipinski definition) is 6. The van der Waals surface area contributed by atoms with E-state index < -0.39 is 0 Å². The molecule has 0 heterocycles. The standard InChI is InChI=1S/C27H26BrN3O4/c1-3-13-34-23-11-9-20(10-12-23)27(32)31-30-17-19-14-24(28)26(25(15-19)33-4-2)35-18-22-8-6-5-7-21(22)16-29/h5-12,14-15,17H,3-4,13,18H2,1-2H3,(H,31,32)/b30-17-. The van der Waals surface area contributed by atoms with Crippen molar-refractivity contribution in [1.82, 2.24) is 5.43 Å². The average Bonchev–Trinajstić information content (AvgIpc) is 2.87. The minimum absolute atomic E-state index is 0.216. The minimum Gasteiger partial charge on any atom is -0.494 e. The van der Waals surface area contributed by atoms with Crippen molar-refractivity contribution in [2.45, 2.75) is 26.9 Å². The van der Waals surface area contributed by atoms with Gasteiger partial charge < -0.3 is 14.2 Å². The van der Waals surface area contributed by atoms with Gasteiger partial charge in [0, 0.05) is 11.1 Å². The first-order valence-electron chi connectivity index (χ1n) is 11.2. The molecular weight excluding hydrogens is 510 g/mol. The van der Waals surface area contributed by atoms with Crippen molar-refractivity contribution < 1.29 is 19.0 Å². The van der Waals surface area contributed by atoms with Gasteiger partial charge in [0.15, 0.2) is 11.5 Å². The van der Waals surface area contributed by atoms with Crippen LogP contribution in [-0.2, 0) is 6.61 Å². The van der Waals surface area contributed by atoms with E-state index in [1.807, 2.05) is 38.1 Å². The van der Waals surface area contributed by atoms with Crippen LogP contribution in [0.5, 0.6) is 17.2 Å². The monoisotopic (exact) mass is 535 g/mol. The molecule has 3 aromatic rings. The molecule has 0 aliphatic carbocycles. The third-order valence-electron chi connectivity index (χ3n) is 4.81. The number of nitrogens with zero attached hydrogens (tertiary/aromatic N) is 2. The second kappa shape index (κ2) is 13.2. The minimum atomic E-state index is -0.330. The van der Waals surface area contributed by atoms with Crippen molar-refractivity contribution in [2.75, 3.05) is 13.2 Å². The molecule has 0 aliphatic rings. The predicted molar refractivity (Wildman–Crippen MR) is 138 cm³/mol. The van der Waals surface area contributed by atoms with E-state index in [2.05, 4.69) is 32.5 Å². The lowest BCUT2D eigenvalue weighted by molar-refractivity contribution is 0.0955. The molecule has 1 amide bonds. The predicted octanol–water partition coefficient (Wildman–Crippen LogP) is 5.85. The van der Waals surface area contributed by atoms with Crippen molar-refractivity contribution in [2.24, 2.45) is 5.10 Å². The van der Waals surface area contributed by atoms with Gasteiger partial charge in [0.05, 0.1) is 35.5 Å². The topological polar surface area (TPSA) is 92.9 Å². The fraction of sp³-hybridized carbons (Fsp3) is 0.222. The SMILES string of the molecule is CCCOc1ccc(C(=O)N/N=C\c2cc(Br)c(OCc3ccccc3C#N)c(OCC)c2)cc1. The molecule has 7 nitrogen and oxygen atoms in total. The number of hydrogen-bond donors (Lipinski definition) is 1. The highest BCUT2D eigenvalue weighted by molar-refractivity contribution is 9.10. The van der Waals surface area contributed by atoms with Crippen LogP contribution in [0.1, 0.15) is 47.3 Å². The van der Waals surface area contributed by atoms with Crippen LogP contribution in [0.3, 0.4) is 0 Å². The Balaban J connectivity index is 1.68. The van der Waals surface area contributed by atoms with Crippen LogP contribution in [0.4, 0.5) is 0 Å². The molecule has 0 aliphatic heterocycles. The van der Waals surface area contributed by atoms with E-state index in [4.69, 9.17) is 14.2 Å². The first-order valence-corrected chi connectivity index (χ1v) is 12.0. The number of ether oxygens (including phenoxy) is 3. The molecule has 3 rings (SSSR count). The van der Waals surface area contributed by atoms with Gasteiger partial charge in [0.25, 0.3) is 5.91 Å². The summed E-state index contributed by atoms with van der Waals surface area (Å²) in [6.07, 6.45) is 2.44. The first-order chi connectivity index (χ1) is 17.0. The van der Waals surface area contributed by atoms with Gasteiger partial charge in [-0.2, -0.15) is 10.4 Å². The summed E-state index contributed by atoms with van der Waals surface area (Å²) in [5, 5.41) is 13.4. The second-order valence-electron chi connectivity index (χ2n) is 7.39. The van der Waals surface area contributed by atoms with Crippen LogP contribution in [-0.4, -0.2) is 25.3 Å². The lowest BCUT2D eigenvalue weighted by Gasteiger charge is -2.15. The van der Waals surface area contributed by atoms with E-state index in [-0.39, 0.29) is 12.5 Å². The summed E-state index contributed by atoms with van der Waals surface area (Å²) < 4.78 is 17.9. The number of rotatable bonds is 11. The Morgan fingerprint density at radius 2 is 1.86 bits per heavy atom. The molecule has 0 bridgehead atoms. The molecule has 0 spiro atoms. The summed E-state index contributed by atoms with van der Waals surface area (Å²) >= 11 is 3.53. The van der Waals surface area contributed by atoms with Gasteiger partial charge in [-0.05, 0) is 77.3 Å². The van der Waals surface area contributed by atoms with Gasteiger partial charge in [0.2, 0.25) is 0 Å². The molecule has 3 aromatic carbocycles. The molecule has 1 N–H and O–H groups in total. The summed E-state index contributed by atoms with van der Waals surface area (Å²) in [6.45, 7) is 5.20. The van der Waals surface area contributed by atoms with Gasteiger partial charge >= 0.3 is 0 Å². The summed E-state index contributed by atoms with van der Waals surface area (Å²) in [4.78, 5) is 12.4. The lowest BCUT2D eigenvalue weighted by Crippen LogP contribution is -2.17. The van der Waals surface area contributed by atoms with Crippen LogP contribution in [0.15, 0.2) is 70.2 Å². The maximum atomic E-state index is 12.4. The van der Waals surface area contributed by atoms with Crippen molar-refractivity contribution in [3.8, 4) is 23.3 Å². The molecule has 0 saturated heterocycles. The number of nitrogens with one attached hydrogen (secondary N) is 1. The highest BCUT2D eigenvalue weighted by Gasteiger charge is 2.13. The molecule has 8 heteroatoms. The number of carbonyl (C=O) groups is 1. The van der Waals surface area contributed by atoms with Crippen molar-refractivity contribution in [3.05, 3.63) is 87.4 Å². The molecule has 0 radical (unpaired) electrons. The summed E-state index contributed by atoms with van der Waals surface area (Å²) in [5.41, 5.74) is 5.04. The Hall–Kier alpha value is -3.83.